The zero-order valence-corrected chi connectivity index (χ0v) is 12.5. The van der Waals surface area contributed by atoms with Gasteiger partial charge in [0.1, 0.15) is 0 Å². The number of nitrogens with zero attached hydrogens (tertiary/aromatic N) is 4. The van der Waals surface area contributed by atoms with Crippen LogP contribution in [0.5, 0.6) is 0 Å². The van der Waals surface area contributed by atoms with E-state index in [-0.39, 0.29) is 6.04 Å². The van der Waals surface area contributed by atoms with Crippen LogP contribution >= 0.6 is 0 Å². The van der Waals surface area contributed by atoms with Crippen molar-refractivity contribution in [2.24, 2.45) is 0 Å². The van der Waals surface area contributed by atoms with E-state index in [0.717, 1.165) is 51.3 Å². The number of esters is 1. The highest BCUT2D eigenvalue weighted by Crippen LogP contribution is 2.25. The average Bonchev–Trinajstić information content (AvgIpc) is 3.22. The molecule has 1 N–H and O–H groups in total. The number of likely N-dealkylation sites (tertiary alicyclic amines) is 1. The summed E-state index contributed by atoms with van der Waals surface area (Å²) >= 11 is 0. The van der Waals surface area contributed by atoms with Crippen LogP contribution < -0.4 is 5.32 Å². The summed E-state index contributed by atoms with van der Waals surface area (Å²) in [6.45, 7) is 5.04. The zero-order chi connectivity index (χ0) is 14.7. The van der Waals surface area contributed by atoms with E-state index in [0.29, 0.717) is 5.69 Å². The summed E-state index contributed by atoms with van der Waals surface area (Å²) in [5, 5.41) is 11.7. The fraction of sp³-hybridized carbons (Fsp3) is 0.786. The summed E-state index contributed by atoms with van der Waals surface area (Å²) in [6.07, 6.45) is 4.69. The minimum Gasteiger partial charge on any atom is -0.464 e. The van der Waals surface area contributed by atoms with Crippen LogP contribution in [0.25, 0.3) is 0 Å². The maximum Gasteiger partial charge on any atom is 0.360 e. The van der Waals surface area contributed by atoms with Gasteiger partial charge in [-0.05, 0) is 45.3 Å². The van der Waals surface area contributed by atoms with Gasteiger partial charge in [0.25, 0.3) is 0 Å². The van der Waals surface area contributed by atoms with Crippen molar-refractivity contribution in [2.75, 3.05) is 33.3 Å². The molecule has 2 fully saturated rings. The molecule has 7 nitrogen and oxygen atoms in total. The fourth-order valence-electron chi connectivity index (χ4n) is 3.23. The summed E-state index contributed by atoms with van der Waals surface area (Å²) < 4.78 is 6.72. The van der Waals surface area contributed by atoms with Crippen molar-refractivity contribution in [1.29, 1.82) is 0 Å². The number of aromatic nitrogens is 3. The van der Waals surface area contributed by atoms with Crippen LogP contribution in [-0.2, 0) is 11.3 Å². The lowest BCUT2D eigenvalue weighted by Crippen LogP contribution is -2.27. The molecule has 0 amide bonds. The summed E-state index contributed by atoms with van der Waals surface area (Å²) in [4.78, 5) is 14.3. The van der Waals surface area contributed by atoms with Crippen LogP contribution in [0.1, 0.15) is 47.9 Å². The van der Waals surface area contributed by atoms with Gasteiger partial charge < -0.3 is 15.0 Å². The van der Waals surface area contributed by atoms with Crippen molar-refractivity contribution in [2.45, 2.75) is 38.3 Å². The molecule has 2 saturated heterocycles. The molecule has 0 aliphatic carbocycles. The first kappa shape index (κ1) is 14.5. The third kappa shape index (κ3) is 3.08. The van der Waals surface area contributed by atoms with Crippen molar-refractivity contribution in [3.8, 4) is 0 Å². The van der Waals surface area contributed by atoms with Crippen LogP contribution in [0.2, 0.25) is 0 Å². The molecule has 0 aromatic carbocycles. The Bertz CT molecular complexity index is 490. The average molecular weight is 293 g/mol. The number of rotatable bonds is 5. The number of methoxy groups -OCH3 is 1. The molecule has 0 saturated carbocycles. The van der Waals surface area contributed by atoms with Gasteiger partial charge in [0.15, 0.2) is 5.69 Å². The largest absolute Gasteiger partial charge is 0.464 e. The summed E-state index contributed by atoms with van der Waals surface area (Å²) in [5.74, 6) is -0.397. The highest BCUT2D eigenvalue weighted by molar-refractivity contribution is 5.88. The van der Waals surface area contributed by atoms with E-state index < -0.39 is 5.97 Å². The van der Waals surface area contributed by atoms with Crippen LogP contribution in [0.3, 0.4) is 0 Å². The van der Waals surface area contributed by atoms with Crippen molar-refractivity contribution in [3.05, 3.63) is 11.4 Å². The molecule has 2 aliphatic heterocycles. The topological polar surface area (TPSA) is 72.3 Å². The zero-order valence-electron chi connectivity index (χ0n) is 12.5. The molecule has 21 heavy (non-hydrogen) atoms. The fourth-order valence-corrected chi connectivity index (χ4v) is 3.23. The lowest BCUT2D eigenvalue weighted by atomic mass is 10.1. The summed E-state index contributed by atoms with van der Waals surface area (Å²) in [7, 11) is 1.39. The smallest absolute Gasteiger partial charge is 0.360 e. The Labute approximate surface area is 124 Å². The van der Waals surface area contributed by atoms with Crippen molar-refractivity contribution < 1.29 is 9.53 Å². The quantitative estimate of drug-likeness (QED) is 0.801. The number of carbonyl (C=O) groups is 1. The van der Waals surface area contributed by atoms with Gasteiger partial charge in [-0.2, -0.15) is 0 Å². The molecule has 0 radical (unpaired) electrons. The molecule has 1 atom stereocenters. The predicted molar refractivity (Wildman–Crippen MR) is 77.0 cm³/mol. The monoisotopic (exact) mass is 293 g/mol. The van der Waals surface area contributed by atoms with Gasteiger partial charge in [-0.25, -0.2) is 9.48 Å². The summed E-state index contributed by atoms with van der Waals surface area (Å²) in [6, 6.07) is 0.160. The van der Waals surface area contributed by atoms with Gasteiger partial charge in [-0.15, -0.1) is 5.10 Å². The van der Waals surface area contributed by atoms with Crippen molar-refractivity contribution >= 4 is 5.97 Å². The molecule has 1 aromatic heterocycles. The van der Waals surface area contributed by atoms with Gasteiger partial charge in [-0.3, -0.25) is 0 Å². The number of ether oxygens (including phenoxy) is 1. The second-order valence-electron chi connectivity index (χ2n) is 5.74. The standard InChI is InChI=1S/C14H23N5O2/c1-21-14(20)12-13(11-5-4-6-15-11)19(17-16-12)10-9-18-7-2-3-8-18/h11,15H,2-10H2,1H3. The van der Waals surface area contributed by atoms with E-state index in [1.807, 2.05) is 4.68 Å². The number of hydrogen-bond donors (Lipinski definition) is 1. The molecule has 3 rings (SSSR count). The van der Waals surface area contributed by atoms with E-state index in [1.54, 1.807) is 0 Å². The van der Waals surface area contributed by atoms with E-state index in [9.17, 15) is 4.79 Å². The molecular formula is C14H23N5O2. The Balaban J connectivity index is 1.77. The van der Waals surface area contributed by atoms with Crippen molar-refractivity contribution in [3.63, 3.8) is 0 Å². The molecule has 0 spiro atoms. The predicted octanol–water partition coefficient (Wildman–Crippen LogP) is 0.585. The van der Waals surface area contributed by atoms with Crippen LogP contribution in [0, 0.1) is 0 Å². The number of hydrogen-bond acceptors (Lipinski definition) is 6. The third-order valence-corrected chi connectivity index (χ3v) is 4.37. The minimum absolute atomic E-state index is 0.160. The molecule has 2 aliphatic rings. The van der Waals surface area contributed by atoms with E-state index in [2.05, 4.69) is 20.5 Å². The van der Waals surface area contributed by atoms with Crippen LogP contribution in [0.15, 0.2) is 0 Å². The van der Waals surface area contributed by atoms with E-state index in [4.69, 9.17) is 4.74 Å². The lowest BCUT2D eigenvalue weighted by Gasteiger charge is -2.17. The van der Waals surface area contributed by atoms with E-state index >= 15 is 0 Å². The Morgan fingerprint density at radius 1 is 1.33 bits per heavy atom. The highest BCUT2D eigenvalue weighted by Gasteiger charge is 2.29. The second-order valence-corrected chi connectivity index (χ2v) is 5.74. The molecule has 1 aromatic rings. The van der Waals surface area contributed by atoms with Crippen molar-refractivity contribution in [1.82, 2.24) is 25.2 Å². The maximum atomic E-state index is 11.9. The molecule has 0 bridgehead atoms. The Morgan fingerprint density at radius 2 is 2.14 bits per heavy atom. The second kappa shape index (κ2) is 6.53. The third-order valence-electron chi connectivity index (χ3n) is 4.37. The first-order valence-corrected chi connectivity index (χ1v) is 7.77. The van der Waals surface area contributed by atoms with Gasteiger partial charge in [-0.1, -0.05) is 5.21 Å². The SMILES string of the molecule is COC(=O)c1nnn(CCN2CCCC2)c1C1CCCN1. The Hall–Kier alpha value is -1.47. The van der Waals surface area contributed by atoms with E-state index in [1.165, 1.54) is 20.0 Å². The first-order chi connectivity index (χ1) is 10.3. The molecule has 3 heterocycles. The Morgan fingerprint density at radius 3 is 2.81 bits per heavy atom. The molecule has 116 valence electrons. The van der Waals surface area contributed by atoms with Crippen LogP contribution in [0.4, 0.5) is 0 Å². The highest BCUT2D eigenvalue weighted by atomic mass is 16.5. The molecule has 1 unspecified atom stereocenters. The minimum atomic E-state index is -0.397. The van der Waals surface area contributed by atoms with Gasteiger partial charge in [0, 0.05) is 6.54 Å². The first-order valence-electron chi connectivity index (χ1n) is 7.77. The Kier molecular flexibility index (Phi) is 4.50. The molecule has 7 heteroatoms. The molecular weight excluding hydrogens is 270 g/mol. The lowest BCUT2D eigenvalue weighted by molar-refractivity contribution is 0.0591. The van der Waals surface area contributed by atoms with Gasteiger partial charge in [0.2, 0.25) is 0 Å². The maximum absolute atomic E-state index is 11.9. The van der Waals surface area contributed by atoms with Crippen LogP contribution in [-0.4, -0.2) is 59.2 Å². The number of nitrogens with one attached hydrogen (secondary N) is 1. The van der Waals surface area contributed by atoms with Gasteiger partial charge >= 0.3 is 5.97 Å². The summed E-state index contributed by atoms with van der Waals surface area (Å²) in [5.41, 5.74) is 1.25. The van der Waals surface area contributed by atoms with Gasteiger partial charge in [0.05, 0.1) is 25.4 Å². The normalized spacial score (nSPS) is 22.8. The number of carbonyl (C=O) groups excluding carboxylic acids is 1.